The Morgan fingerprint density at radius 1 is 1.18 bits per heavy atom. The standard InChI is InChI=1S/C20H21N3OS.C3H6/c1-4-23-19-12-16(24-2)6-5-7-17(19)18(13-21)20(23)14-8-10-15(11-9-14)22-25-3;1-2-3-1/h6-12,22H,4-5H2,1-3H3;1-3H2. The van der Waals surface area contributed by atoms with Gasteiger partial charge in [0.25, 0.3) is 0 Å². The van der Waals surface area contributed by atoms with Crippen LogP contribution in [0, 0.1) is 11.3 Å². The zero-order valence-electron chi connectivity index (χ0n) is 16.8. The molecule has 1 fully saturated rings. The van der Waals surface area contributed by atoms with Crippen LogP contribution in [-0.4, -0.2) is 17.9 Å². The Balaban J connectivity index is 0.000000684. The van der Waals surface area contributed by atoms with Crippen molar-refractivity contribution in [2.75, 3.05) is 18.1 Å². The number of fused-ring (bicyclic) bond motifs is 1. The van der Waals surface area contributed by atoms with Gasteiger partial charge < -0.3 is 14.0 Å². The third-order valence-electron chi connectivity index (χ3n) is 4.66. The molecule has 1 heterocycles. The van der Waals surface area contributed by atoms with Crippen LogP contribution in [0.15, 0.2) is 36.1 Å². The molecule has 1 aromatic heterocycles. The van der Waals surface area contributed by atoms with E-state index in [1.54, 1.807) is 19.1 Å². The fraction of sp³-hybridized carbons (Fsp3) is 0.348. The fourth-order valence-electron chi connectivity index (χ4n) is 3.20. The number of nitrogens with zero attached hydrogens (tertiary/aromatic N) is 2. The van der Waals surface area contributed by atoms with Crippen LogP contribution < -0.4 is 15.3 Å². The van der Waals surface area contributed by atoms with Gasteiger partial charge in [-0.1, -0.05) is 49.4 Å². The maximum Gasteiger partial charge on any atom is 0.117 e. The maximum atomic E-state index is 9.84. The summed E-state index contributed by atoms with van der Waals surface area (Å²) >= 11 is 1.56. The Hall–Kier alpha value is -2.58. The molecule has 1 aromatic carbocycles. The molecule has 28 heavy (non-hydrogen) atoms. The lowest BCUT2D eigenvalue weighted by molar-refractivity contribution is 0.312. The molecule has 0 unspecified atom stereocenters. The van der Waals surface area contributed by atoms with Crippen LogP contribution in [0.2, 0.25) is 0 Å². The summed E-state index contributed by atoms with van der Waals surface area (Å²) in [5.74, 6) is 0.831. The van der Waals surface area contributed by atoms with E-state index >= 15 is 0 Å². The van der Waals surface area contributed by atoms with Crippen molar-refractivity contribution in [2.24, 2.45) is 0 Å². The molecule has 2 aliphatic carbocycles. The molecule has 1 saturated carbocycles. The predicted molar refractivity (Wildman–Crippen MR) is 119 cm³/mol. The minimum atomic E-state index is 0.726. The van der Waals surface area contributed by atoms with Gasteiger partial charge in [-0.05, 0) is 37.1 Å². The van der Waals surface area contributed by atoms with Gasteiger partial charge in [0.15, 0.2) is 0 Å². The average molecular weight is 394 g/mol. The van der Waals surface area contributed by atoms with E-state index in [1.165, 1.54) is 19.3 Å². The molecule has 2 aromatic rings. The van der Waals surface area contributed by atoms with Crippen LogP contribution >= 0.6 is 11.9 Å². The number of methoxy groups -OCH3 is 1. The largest absolute Gasteiger partial charge is 0.497 e. The molecule has 0 radical (unpaired) electrons. The minimum absolute atomic E-state index is 0.726. The molecule has 0 atom stereocenters. The normalized spacial score (nSPS) is 14.0. The molecular weight excluding hydrogens is 366 g/mol. The third-order valence-corrected chi connectivity index (χ3v) is 5.10. The number of hydrogen-bond donors (Lipinski definition) is 1. The van der Waals surface area contributed by atoms with E-state index in [9.17, 15) is 5.26 Å². The van der Waals surface area contributed by atoms with Crippen molar-refractivity contribution in [3.05, 3.63) is 52.2 Å². The fourth-order valence-corrected chi connectivity index (χ4v) is 3.58. The second-order valence-electron chi connectivity index (χ2n) is 6.72. The second kappa shape index (κ2) is 9.57. The molecular formula is C23H27N3OS. The number of nitriles is 1. The second-order valence-corrected chi connectivity index (χ2v) is 7.33. The van der Waals surface area contributed by atoms with Crippen molar-refractivity contribution in [3.63, 3.8) is 0 Å². The molecule has 0 amide bonds. The van der Waals surface area contributed by atoms with Crippen molar-refractivity contribution in [1.29, 1.82) is 5.26 Å². The number of allylic oxidation sites excluding steroid dienone is 2. The van der Waals surface area contributed by atoms with Gasteiger partial charge in [-0.25, -0.2) is 0 Å². The van der Waals surface area contributed by atoms with Crippen molar-refractivity contribution in [3.8, 4) is 17.3 Å². The summed E-state index contributed by atoms with van der Waals surface area (Å²) in [6.45, 7) is 2.88. The van der Waals surface area contributed by atoms with E-state index in [1.807, 2.05) is 30.5 Å². The third kappa shape index (κ3) is 4.45. The monoisotopic (exact) mass is 393 g/mol. The number of hydrogen-bond acceptors (Lipinski definition) is 4. The van der Waals surface area contributed by atoms with Crippen LogP contribution in [0.4, 0.5) is 5.69 Å². The molecule has 0 bridgehead atoms. The molecule has 0 spiro atoms. The number of anilines is 1. The highest BCUT2D eigenvalue weighted by atomic mass is 32.2. The summed E-state index contributed by atoms with van der Waals surface area (Å²) in [6.07, 6.45) is 13.4. The van der Waals surface area contributed by atoms with Gasteiger partial charge in [0.05, 0.1) is 23.7 Å². The van der Waals surface area contributed by atoms with E-state index in [-0.39, 0.29) is 0 Å². The van der Waals surface area contributed by atoms with Crippen LogP contribution in [0.5, 0.6) is 0 Å². The lowest BCUT2D eigenvalue weighted by atomic mass is 10.1. The molecule has 1 N–H and O–H groups in total. The topological polar surface area (TPSA) is 50.0 Å². The van der Waals surface area contributed by atoms with E-state index < -0.39 is 0 Å². The first-order valence-electron chi connectivity index (χ1n) is 9.71. The van der Waals surface area contributed by atoms with E-state index in [4.69, 9.17) is 4.74 Å². The molecule has 4 rings (SSSR count). The summed E-state index contributed by atoms with van der Waals surface area (Å²) in [5, 5.41) is 11.9. The first-order chi connectivity index (χ1) is 13.7. The van der Waals surface area contributed by atoms with Gasteiger partial charge in [-0.15, -0.1) is 0 Å². The lowest BCUT2D eigenvalue weighted by Gasteiger charge is -2.10. The summed E-state index contributed by atoms with van der Waals surface area (Å²) in [6, 6.07) is 10.6. The SMILES string of the molecule is C1CC1.CCn1c(-c2ccc(NSC)cc2)c(C#N)c2c1=CC(OC)=CCC=2. The zero-order valence-corrected chi connectivity index (χ0v) is 17.6. The summed E-state index contributed by atoms with van der Waals surface area (Å²) in [7, 11) is 1.68. The minimum Gasteiger partial charge on any atom is -0.497 e. The smallest absolute Gasteiger partial charge is 0.117 e. The number of aromatic nitrogens is 1. The van der Waals surface area contributed by atoms with Crippen molar-refractivity contribution < 1.29 is 4.74 Å². The average Bonchev–Trinajstić information content (AvgIpc) is 3.58. The molecule has 146 valence electrons. The van der Waals surface area contributed by atoms with Crippen molar-refractivity contribution in [2.45, 2.75) is 39.2 Å². The predicted octanol–water partition coefficient (Wildman–Crippen LogP) is 4.40. The lowest BCUT2D eigenvalue weighted by Crippen LogP contribution is -2.29. The molecule has 5 heteroatoms. The summed E-state index contributed by atoms with van der Waals surface area (Å²) in [4.78, 5) is 0. The first kappa shape index (κ1) is 20.2. The van der Waals surface area contributed by atoms with Gasteiger partial charge in [-0.2, -0.15) is 5.26 Å². The highest BCUT2D eigenvalue weighted by Gasteiger charge is 2.17. The Morgan fingerprint density at radius 2 is 1.89 bits per heavy atom. The van der Waals surface area contributed by atoms with E-state index in [0.717, 1.165) is 51.8 Å². The Bertz CT molecular complexity index is 1010. The van der Waals surface area contributed by atoms with Gasteiger partial charge in [-0.3, -0.25) is 0 Å². The molecule has 4 nitrogen and oxygen atoms in total. The van der Waals surface area contributed by atoms with Gasteiger partial charge in [0.2, 0.25) is 0 Å². The van der Waals surface area contributed by atoms with Crippen molar-refractivity contribution >= 4 is 29.8 Å². The van der Waals surface area contributed by atoms with Crippen LogP contribution in [0.1, 0.15) is 38.2 Å². The van der Waals surface area contributed by atoms with Gasteiger partial charge in [0.1, 0.15) is 11.8 Å². The Morgan fingerprint density at radius 3 is 2.43 bits per heavy atom. The van der Waals surface area contributed by atoms with E-state index in [0.29, 0.717) is 0 Å². The number of nitrogens with one attached hydrogen (secondary N) is 1. The van der Waals surface area contributed by atoms with Crippen molar-refractivity contribution in [1.82, 2.24) is 4.57 Å². The summed E-state index contributed by atoms with van der Waals surface area (Å²) in [5.41, 5.74) is 3.79. The summed E-state index contributed by atoms with van der Waals surface area (Å²) < 4.78 is 10.9. The zero-order chi connectivity index (χ0) is 19.9. The molecule has 0 saturated heterocycles. The van der Waals surface area contributed by atoms with E-state index in [2.05, 4.69) is 40.5 Å². The van der Waals surface area contributed by atoms with Crippen LogP contribution in [-0.2, 0) is 11.3 Å². The van der Waals surface area contributed by atoms with Crippen LogP contribution in [0.25, 0.3) is 23.4 Å². The first-order valence-corrected chi connectivity index (χ1v) is 10.9. The number of benzene rings is 1. The number of ether oxygens (including phenoxy) is 1. The highest BCUT2D eigenvalue weighted by molar-refractivity contribution is 7.99. The number of rotatable bonds is 5. The van der Waals surface area contributed by atoms with Gasteiger partial charge in [0, 0.05) is 29.8 Å². The quantitative estimate of drug-likeness (QED) is 0.765. The highest BCUT2D eigenvalue weighted by Crippen LogP contribution is 2.24. The Labute approximate surface area is 171 Å². The molecule has 0 aliphatic heterocycles. The van der Waals surface area contributed by atoms with Gasteiger partial charge >= 0.3 is 0 Å². The Kier molecular flexibility index (Phi) is 6.89. The molecule has 2 aliphatic rings. The van der Waals surface area contributed by atoms with Crippen LogP contribution in [0.3, 0.4) is 0 Å². The maximum absolute atomic E-state index is 9.84.